The van der Waals surface area contributed by atoms with Crippen LogP contribution in [0.25, 0.3) is 11.3 Å². The van der Waals surface area contributed by atoms with E-state index in [-0.39, 0.29) is 30.1 Å². The van der Waals surface area contributed by atoms with Gasteiger partial charge in [0.2, 0.25) is 0 Å². The third-order valence-corrected chi connectivity index (χ3v) is 9.34. The quantitative estimate of drug-likeness (QED) is 0.0877. The van der Waals surface area contributed by atoms with E-state index >= 15 is 0 Å². The highest BCUT2D eigenvalue weighted by Gasteiger charge is 2.31. The molecule has 2 aromatic carbocycles. The highest BCUT2D eigenvalue weighted by molar-refractivity contribution is 6.76. The number of rotatable bonds is 13. The molecule has 5 N–H and O–H groups in total. The molecule has 1 aliphatic carbocycles. The average Bonchev–Trinajstić information content (AvgIpc) is 3.29. The normalized spacial score (nSPS) is 14.2. The van der Waals surface area contributed by atoms with Crippen LogP contribution in [0, 0.1) is 11.7 Å². The van der Waals surface area contributed by atoms with Crippen molar-refractivity contribution in [2.75, 3.05) is 17.7 Å². The number of primary amides is 1. The number of aromatic nitrogens is 3. The van der Waals surface area contributed by atoms with Gasteiger partial charge in [-0.3, -0.25) is 4.79 Å². The van der Waals surface area contributed by atoms with E-state index in [1.165, 1.54) is 12.1 Å². The van der Waals surface area contributed by atoms with Crippen LogP contribution in [0.2, 0.25) is 25.7 Å². The lowest BCUT2D eigenvalue weighted by atomic mass is 9.78. The molecule has 9 nitrogen and oxygen atoms in total. The molecule has 11 heteroatoms. The summed E-state index contributed by atoms with van der Waals surface area (Å²) >= 11 is 0. The second-order valence-electron chi connectivity index (χ2n) is 12.2. The molecular formula is C32H39FN6O3Si. The second-order valence-corrected chi connectivity index (χ2v) is 17.8. The van der Waals surface area contributed by atoms with Gasteiger partial charge in [-0.2, -0.15) is 5.10 Å². The Hall–Kier alpha value is -4.22. The Morgan fingerprint density at radius 3 is 2.53 bits per heavy atom. The molecule has 226 valence electrons. The Balaban J connectivity index is 1.51. The van der Waals surface area contributed by atoms with Crippen LogP contribution < -0.4 is 21.5 Å². The van der Waals surface area contributed by atoms with Gasteiger partial charge in [-0.25, -0.2) is 14.1 Å². The first-order valence-corrected chi connectivity index (χ1v) is 18.3. The molecule has 0 aliphatic heterocycles. The lowest BCUT2D eigenvalue weighted by Gasteiger charge is -2.34. The van der Waals surface area contributed by atoms with E-state index in [1.807, 2.05) is 6.07 Å². The number of nitrogens with zero attached hydrogens (tertiary/aromatic N) is 3. The molecular weight excluding hydrogens is 563 g/mol. The number of ether oxygens (including phenoxy) is 2. The second kappa shape index (κ2) is 13.0. The highest BCUT2D eigenvalue weighted by Crippen LogP contribution is 2.43. The molecule has 1 aliphatic rings. The lowest BCUT2D eigenvalue weighted by Crippen LogP contribution is -2.25. The van der Waals surface area contributed by atoms with Crippen LogP contribution in [-0.2, 0) is 11.5 Å². The number of anilines is 3. The van der Waals surface area contributed by atoms with Crippen molar-refractivity contribution in [1.29, 1.82) is 0 Å². The monoisotopic (exact) mass is 602 g/mol. The SMILES string of the molecule is C[Si](C)(C)CCOCn1nc(-c2ccc(N)c(OC(c3ccc(F)cc3)C3CCC3)c2)c(C(N)=O)c1Nc1ccccn1. The number of nitrogens with two attached hydrogens (primary N) is 2. The van der Waals surface area contributed by atoms with Gasteiger partial charge < -0.3 is 26.3 Å². The third kappa shape index (κ3) is 7.41. The molecule has 4 aromatic rings. The first kappa shape index (κ1) is 30.2. The minimum Gasteiger partial charge on any atom is -0.483 e. The fourth-order valence-electron chi connectivity index (χ4n) is 4.96. The van der Waals surface area contributed by atoms with Crippen LogP contribution >= 0.6 is 0 Å². The van der Waals surface area contributed by atoms with Crippen LogP contribution in [0.4, 0.5) is 21.7 Å². The fourth-order valence-corrected chi connectivity index (χ4v) is 5.71. The fraction of sp³-hybridized carbons (Fsp3) is 0.344. The zero-order chi connectivity index (χ0) is 30.6. The predicted octanol–water partition coefficient (Wildman–Crippen LogP) is 6.74. The van der Waals surface area contributed by atoms with E-state index in [4.69, 9.17) is 26.0 Å². The van der Waals surface area contributed by atoms with Crippen LogP contribution in [0.15, 0.2) is 66.9 Å². The summed E-state index contributed by atoms with van der Waals surface area (Å²) < 4.78 is 27.8. The molecule has 43 heavy (non-hydrogen) atoms. The van der Waals surface area contributed by atoms with E-state index in [9.17, 15) is 9.18 Å². The number of hydrogen-bond donors (Lipinski definition) is 3. The standard InChI is InChI=1S/C32H39FN6O3Si/c1-43(2,3)18-17-41-20-39-32(37-27-9-4-5-16-36-27)28(31(35)40)29(38-39)23-12-15-25(34)26(19-23)42-30(21-7-6-8-21)22-10-13-24(33)14-11-22/h4-5,9-16,19,21,30H,6-8,17-18,20,34H2,1-3H3,(H2,35,40)(H,36,37). The number of benzene rings is 2. The number of amides is 1. The average molecular weight is 603 g/mol. The van der Waals surface area contributed by atoms with Crippen molar-refractivity contribution in [3.05, 3.63) is 83.8 Å². The molecule has 0 bridgehead atoms. The van der Waals surface area contributed by atoms with Gasteiger partial charge in [0.1, 0.15) is 47.3 Å². The van der Waals surface area contributed by atoms with Crippen molar-refractivity contribution in [3.8, 4) is 17.0 Å². The van der Waals surface area contributed by atoms with Crippen molar-refractivity contribution in [2.45, 2.75) is 57.8 Å². The summed E-state index contributed by atoms with van der Waals surface area (Å²) in [6.45, 7) is 7.55. The van der Waals surface area contributed by atoms with Gasteiger partial charge in [-0.1, -0.05) is 50.3 Å². The molecule has 2 heterocycles. The molecule has 1 amide bonds. The third-order valence-electron chi connectivity index (χ3n) is 7.64. The zero-order valence-electron chi connectivity index (χ0n) is 24.8. The van der Waals surface area contributed by atoms with Gasteiger partial charge in [0.25, 0.3) is 5.91 Å². The van der Waals surface area contributed by atoms with Gasteiger partial charge in [0, 0.05) is 32.4 Å². The van der Waals surface area contributed by atoms with E-state index in [0.717, 1.165) is 30.9 Å². The maximum absolute atomic E-state index is 13.7. The molecule has 5 rings (SSSR count). The minimum atomic E-state index is -1.30. The molecule has 1 fully saturated rings. The summed E-state index contributed by atoms with van der Waals surface area (Å²) in [5.41, 5.74) is 14.8. The Labute approximate surface area is 252 Å². The van der Waals surface area contributed by atoms with Crippen molar-refractivity contribution in [1.82, 2.24) is 14.8 Å². The summed E-state index contributed by atoms with van der Waals surface area (Å²) in [7, 11) is -1.30. The number of hydrogen-bond acceptors (Lipinski definition) is 7. The molecule has 0 saturated heterocycles. The Morgan fingerprint density at radius 1 is 1.14 bits per heavy atom. The number of carbonyl (C=O) groups excluding carboxylic acids is 1. The molecule has 1 saturated carbocycles. The van der Waals surface area contributed by atoms with Crippen LogP contribution in [0.5, 0.6) is 5.75 Å². The maximum atomic E-state index is 13.7. The molecule has 1 unspecified atom stereocenters. The van der Waals surface area contributed by atoms with Crippen LogP contribution in [0.3, 0.4) is 0 Å². The number of carbonyl (C=O) groups is 1. The first-order chi connectivity index (χ1) is 20.6. The first-order valence-electron chi connectivity index (χ1n) is 14.6. The van der Waals surface area contributed by atoms with Crippen molar-refractivity contribution >= 4 is 31.3 Å². The Bertz CT molecular complexity index is 1550. The van der Waals surface area contributed by atoms with Gasteiger partial charge >= 0.3 is 0 Å². The number of nitrogen functional groups attached to an aromatic ring is 1. The Morgan fingerprint density at radius 2 is 1.91 bits per heavy atom. The van der Waals surface area contributed by atoms with E-state index in [2.05, 4.69) is 29.9 Å². The van der Waals surface area contributed by atoms with E-state index in [0.29, 0.717) is 40.9 Å². The molecule has 0 radical (unpaired) electrons. The van der Waals surface area contributed by atoms with Gasteiger partial charge in [0.05, 0.1) is 5.69 Å². The zero-order valence-corrected chi connectivity index (χ0v) is 25.8. The van der Waals surface area contributed by atoms with Crippen LogP contribution in [-0.4, -0.2) is 35.4 Å². The lowest BCUT2D eigenvalue weighted by molar-refractivity contribution is 0.0802. The van der Waals surface area contributed by atoms with Gasteiger partial charge in [0.15, 0.2) is 0 Å². The summed E-state index contributed by atoms with van der Waals surface area (Å²) in [5, 5.41) is 8.00. The topological polar surface area (TPSA) is 130 Å². The van der Waals surface area contributed by atoms with Crippen molar-refractivity contribution in [2.24, 2.45) is 11.7 Å². The molecule has 2 aromatic heterocycles. The summed E-state index contributed by atoms with van der Waals surface area (Å²) in [6, 6.07) is 18.1. The van der Waals surface area contributed by atoms with Crippen molar-refractivity contribution in [3.63, 3.8) is 0 Å². The largest absolute Gasteiger partial charge is 0.483 e. The van der Waals surface area contributed by atoms with Gasteiger partial charge in [-0.15, -0.1) is 0 Å². The van der Waals surface area contributed by atoms with Crippen LogP contribution in [0.1, 0.15) is 41.3 Å². The molecule has 1 atom stereocenters. The van der Waals surface area contributed by atoms with Crippen molar-refractivity contribution < 1.29 is 18.7 Å². The number of halogens is 1. The predicted molar refractivity (Wildman–Crippen MR) is 169 cm³/mol. The summed E-state index contributed by atoms with van der Waals surface area (Å²) in [6.07, 6.45) is 4.51. The summed E-state index contributed by atoms with van der Waals surface area (Å²) in [4.78, 5) is 17.3. The van der Waals surface area contributed by atoms with E-state index in [1.54, 1.807) is 53.3 Å². The number of pyridine rings is 1. The van der Waals surface area contributed by atoms with Gasteiger partial charge in [-0.05, 0) is 60.8 Å². The minimum absolute atomic E-state index is 0.118. The summed E-state index contributed by atoms with van der Waals surface area (Å²) in [5.74, 6) is 0.702. The Kier molecular flexibility index (Phi) is 9.12. The van der Waals surface area contributed by atoms with E-state index < -0.39 is 14.0 Å². The number of nitrogens with one attached hydrogen (secondary N) is 1. The maximum Gasteiger partial charge on any atom is 0.254 e. The highest BCUT2D eigenvalue weighted by atomic mass is 28.3. The molecule has 0 spiro atoms. The smallest absolute Gasteiger partial charge is 0.254 e.